The SMILES string of the molecule is COc1ccc(CN2C(=O)CCc3c(OCC4(O)CCN(c5ccccc5Cl)CC4)ccc(F)c32)cc1. The Bertz CT molecular complexity index is 1280. The summed E-state index contributed by atoms with van der Waals surface area (Å²) in [5, 5.41) is 11.9. The standard InChI is InChI=1S/C29H30ClFN2O4/c1-36-21-8-6-20(7-9-21)18-33-27(34)13-10-22-26(12-11-24(31)28(22)33)37-19-29(35)14-16-32(17-15-29)25-5-3-2-4-23(25)30/h2-9,11-12,35H,10,13-19H2,1H3. The van der Waals surface area contributed by atoms with Gasteiger partial charge in [-0.25, -0.2) is 4.39 Å². The number of nitrogens with zero attached hydrogens (tertiary/aromatic N) is 2. The summed E-state index contributed by atoms with van der Waals surface area (Å²) in [6.07, 6.45) is 1.69. The van der Waals surface area contributed by atoms with Crippen LogP contribution in [0.3, 0.4) is 0 Å². The van der Waals surface area contributed by atoms with Crippen LogP contribution in [0.4, 0.5) is 15.8 Å². The normalized spacial score (nSPS) is 16.9. The van der Waals surface area contributed by atoms with Crippen LogP contribution in [0.5, 0.6) is 11.5 Å². The topological polar surface area (TPSA) is 62.2 Å². The van der Waals surface area contributed by atoms with Crippen molar-refractivity contribution in [1.82, 2.24) is 0 Å². The van der Waals surface area contributed by atoms with Crippen LogP contribution in [-0.4, -0.2) is 43.4 Å². The second kappa shape index (κ2) is 10.6. The molecule has 0 bridgehead atoms. The van der Waals surface area contributed by atoms with Gasteiger partial charge in [0.25, 0.3) is 0 Å². The number of carbonyl (C=O) groups excluding carboxylic acids is 1. The van der Waals surface area contributed by atoms with Gasteiger partial charge in [0, 0.05) is 25.1 Å². The molecule has 2 heterocycles. The molecule has 0 aromatic heterocycles. The zero-order chi connectivity index (χ0) is 26.0. The average Bonchev–Trinajstić information content (AvgIpc) is 2.91. The molecular formula is C29H30ClFN2O4. The molecule has 0 unspecified atom stereocenters. The summed E-state index contributed by atoms with van der Waals surface area (Å²) in [5.74, 6) is 0.623. The smallest absolute Gasteiger partial charge is 0.227 e. The van der Waals surface area contributed by atoms with Gasteiger partial charge in [-0.1, -0.05) is 35.9 Å². The fourth-order valence-corrected chi connectivity index (χ4v) is 5.31. The fourth-order valence-electron chi connectivity index (χ4n) is 5.06. The van der Waals surface area contributed by atoms with Gasteiger partial charge in [0.1, 0.15) is 29.5 Å². The molecule has 6 nitrogen and oxygen atoms in total. The van der Waals surface area contributed by atoms with E-state index in [2.05, 4.69) is 4.90 Å². The Balaban J connectivity index is 1.30. The zero-order valence-electron chi connectivity index (χ0n) is 20.8. The number of methoxy groups -OCH3 is 1. The summed E-state index contributed by atoms with van der Waals surface area (Å²) >= 11 is 6.34. The van der Waals surface area contributed by atoms with Crippen molar-refractivity contribution in [2.24, 2.45) is 0 Å². The maximum Gasteiger partial charge on any atom is 0.227 e. The maximum atomic E-state index is 15.1. The number of aliphatic hydroxyl groups is 1. The summed E-state index contributed by atoms with van der Waals surface area (Å²) in [4.78, 5) is 16.5. The lowest BCUT2D eigenvalue weighted by atomic mass is 9.92. The molecule has 0 radical (unpaired) electrons. The first-order valence-corrected chi connectivity index (χ1v) is 12.8. The zero-order valence-corrected chi connectivity index (χ0v) is 21.5. The molecule has 5 rings (SSSR count). The number of ether oxygens (including phenoxy) is 2. The van der Waals surface area contributed by atoms with E-state index < -0.39 is 11.4 Å². The molecule has 0 spiro atoms. The van der Waals surface area contributed by atoms with E-state index in [1.54, 1.807) is 13.2 Å². The van der Waals surface area contributed by atoms with Crippen molar-refractivity contribution in [2.75, 3.05) is 36.6 Å². The Labute approximate surface area is 221 Å². The summed E-state index contributed by atoms with van der Waals surface area (Å²) in [6.45, 7) is 1.64. The average molecular weight is 525 g/mol. The van der Waals surface area contributed by atoms with E-state index >= 15 is 4.39 Å². The van der Waals surface area contributed by atoms with Crippen molar-refractivity contribution in [3.63, 3.8) is 0 Å². The molecule has 2 aliphatic heterocycles. The number of hydrogen-bond donors (Lipinski definition) is 1. The Kier molecular flexibility index (Phi) is 7.26. The van der Waals surface area contributed by atoms with E-state index in [-0.39, 0.29) is 31.2 Å². The minimum absolute atomic E-state index is 0.0911. The first-order chi connectivity index (χ1) is 17.9. The molecule has 1 amide bonds. The third-order valence-electron chi connectivity index (χ3n) is 7.23. The highest BCUT2D eigenvalue weighted by Gasteiger charge is 2.35. The van der Waals surface area contributed by atoms with Crippen molar-refractivity contribution < 1.29 is 23.8 Å². The third kappa shape index (κ3) is 5.38. The number of carbonyl (C=O) groups is 1. The number of anilines is 2. The van der Waals surface area contributed by atoms with Crippen LogP contribution in [0.25, 0.3) is 0 Å². The van der Waals surface area contributed by atoms with E-state index in [4.69, 9.17) is 21.1 Å². The number of para-hydroxylation sites is 1. The predicted molar refractivity (Wildman–Crippen MR) is 142 cm³/mol. The molecule has 1 fully saturated rings. The minimum Gasteiger partial charge on any atom is -0.497 e. The number of rotatable bonds is 7. The first kappa shape index (κ1) is 25.4. The lowest BCUT2D eigenvalue weighted by molar-refractivity contribution is -0.119. The van der Waals surface area contributed by atoms with Gasteiger partial charge in [0.2, 0.25) is 5.91 Å². The van der Waals surface area contributed by atoms with Gasteiger partial charge >= 0.3 is 0 Å². The lowest BCUT2D eigenvalue weighted by Crippen LogP contribution is -2.48. The maximum absolute atomic E-state index is 15.1. The largest absolute Gasteiger partial charge is 0.497 e. The number of piperidine rings is 1. The van der Waals surface area contributed by atoms with Gasteiger partial charge in [-0.3, -0.25) is 4.79 Å². The second-order valence-electron chi connectivity index (χ2n) is 9.65. The Morgan fingerprint density at radius 1 is 1.03 bits per heavy atom. The van der Waals surface area contributed by atoms with Gasteiger partial charge in [-0.2, -0.15) is 0 Å². The minimum atomic E-state index is -1.01. The first-order valence-electron chi connectivity index (χ1n) is 12.5. The highest BCUT2D eigenvalue weighted by Crippen LogP contribution is 2.39. The van der Waals surface area contributed by atoms with Gasteiger partial charge in [0.15, 0.2) is 0 Å². The summed E-state index contributed by atoms with van der Waals surface area (Å²) in [5.41, 5.74) is 1.73. The second-order valence-corrected chi connectivity index (χ2v) is 10.1. The molecule has 8 heteroatoms. The van der Waals surface area contributed by atoms with E-state index in [0.717, 1.165) is 11.3 Å². The molecule has 3 aromatic rings. The van der Waals surface area contributed by atoms with Crippen molar-refractivity contribution >= 4 is 28.9 Å². The Morgan fingerprint density at radius 3 is 2.46 bits per heavy atom. The van der Waals surface area contributed by atoms with Gasteiger partial charge < -0.3 is 24.4 Å². The number of hydrogen-bond acceptors (Lipinski definition) is 5. The molecule has 194 valence electrons. The van der Waals surface area contributed by atoms with Crippen molar-refractivity contribution in [2.45, 2.75) is 37.8 Å². The molecule has 1 N–H and O–H groups in total. The van der Waals surface area contributed by atoms with E-state index in [9.17, 15) is 9.90 Å². The summed E-state index contributed by atoms with van der Waals surface area (Å²) in [7, 11) is 1.59. The quantitative estimate of drug-likeness (QED) is 0.450. The van der Waals surface area contributed by atoms with Crippen LogP contribution in [0.15, 0.2) is 60.7 Å². The van der Waals surface area contributed by atoms with E-state index in [1.165, 1.54) is 11.0 Å². The van der Waals surface area contributed by atoms with Crippen LogP contribution < -0.4 is 19.3 Å². The monoisotopic (exact) mass is 524 g/mol. The Morgan fingerprint density at radius 2 is 1.76 bits per heavy atom. The van der Waals surface area contributed by atoms with E-state index in [1.807, 2.05) is 48.5 Å². The molecule has 0 aliphatic carbocycles. The number of fused-ring (bicyclic) bond motifs is 1. The number of amides is 1. The van der Waals surface area contributed by atoms with Crippen LogP contribution in [-0.2, 0) is 17.8 Å². The van der Waals surface area contributed by atoms with Crippen molar-refractivity contribution in [3.8, 4) is 11.5 Å². The highest BCUT2D eigenvalue weighted by atomic mass is 35.5. The van der Waals surface area contributed by atoms with Crippen LogP contribution in [0.2, 0.25) is 5.02 Å². The molecule has 2 aliphatic rings. The highest BCUT2D eigenvalue weighted by molar-refractivity contribution is 6.33. The van der Waals surface area contributed by atoms with Gasteiger partial charge in [-0.05, 0) is 61.2 Å². The molecule has 0 atom stereocenters. The van der Waals surface area contributed by atoms with Gasteiger partial charge in [-0.15, -0.1) is 0 Å². The van der Waals surface area contributed by atoms with Crippen molar-refractivity contribution in [1.29, 1.82) is 0 Å². The molecule has 3 aromatic carbocycles. The van der Waals surface area contributed by atoms with Crippen LogP contribution >= 0.6 is 11.6 Å². The third-order valence-corrected chi connectivity index (χ3v) is 7.55. The molecule has 1 saturated heterocycles. The van der Waals surface area contributed by atoms with E-state index in [0.29, 0.717) is 54.4 Å². The summed E-state index contributed by atoms with van der Waals surface area (Å²) in [6, 6.07) is 18.0. The number of benzene rings is 3. The summed E-state index contributed by atoms with van der Waals surface area (Å²) < 4.78 is 26.4. The van der Waals surface area contributed by atoms with Crippen LogP contribution in [0, 0.1) is 5.82 Å². The molecule has 37 heavy (non-hydrogen) atoms. The Hall–Kier alpha value is -3.29. The lowest BCUT2D eigenvalue weighted by Gasteiger charge is -2.39. The predicted octanol–water partition coefficient (Wildman–Crippen LogP) is 5.38. The van der Waals surface area contributed by atoms with Gasteiger partial charge in [0.05, 0.1) is 30.1 Å². The van der Waals surface area contributed by atoms with Crippen LogP contribution in [0.1, 0.15) is 30.4 Å². The molecular weight excluding hydrogens is 495 g/mol. The molecule has 0 saturated carbocycles. The fraction of sp³-hybridized carbons (Fsp3) is 0.345. The number of halogens is 2. The van der Waals surface area contributed by atoms with Crippen molar-refractivity contribution in [3.05, 3.63) is 82.6 Å².